The summed E-state index contributed by atoms with van der Waals surface area (Å²) in [6.45, 7) is 13.2. The predicted molar refractivity (Wildman–Crippen MR) is 129 cm³/mol. The van der Waals surface area contributed by atoms with Gasteiger partial charge in [0.15, 0.2) is 18.1 Å². The van der Waals surface area contributed by atoms with Gasteiger partial charge in [-0.3, -0.25) is 4.79 Å². The van der Waals surface area contributed by atoms with Gasteiger partial charge in [0.2, 0.25) is 0 Å². The van der Waals surface area contributed by atoms with E-state index >= 15 is 0 Å². The highest BCUT2D eigenvalue weighted by Crippen LogP contribution is 2.37. The first-order valence-corrected chi connectivity index (χ1v) is 11.0. The van der Waals surface area contributed by atoms with Crippen LogP contribution in [0.15, 0.2) is 41.5 Å². The zero-order valence-electron chi connectivity index (χ0n) is 19.7. The number of rotatable bonds is 9. The van der Waals surface area contributed by atoms with Crippen molar-refractivity contribution in [2.45, 2.75) is 53.4 Å². The van der Waals surface area contributed by atoms with Crippen molar-refractivity contribution in [1.82, 2.24) is 5.43 Å². The molecule has 174 valence electrons. The molecule has 2 aromatic rings. The molecule has 0 aliphatic carbocycles. The maximum Gasteiger partial charge on any atom is 0.277 e. The second-order valence-corrected chi connectivity index (χ2v) is 9.92. The fourth-order valence-electron chi connectivity index (χ4n) is 3.72. The normalized spacial score (nSPS) is 12.1. The van der Waals surface area contributed by atoms with Gasteiger partial charge in [-0.05, 0) is 59.6 Å². The van der Waals surface area contributed by atoms with Crippen molar-refractivity contribution in [3.63, 3.8) is 0 Å². The van der Waals surface area contributed by atoms with Crippen LogP contribution in [-0.2, 0) is 10.2 Å². The number of hydrogen-bond acceptors (Lipinski definition) is 5. The summed E-state index contributed by atoms with van der Waals surface area (Å²) in [5.74, 6) is 0.348. The van der Waals surface area contributed by atoms with E-state index in [-0.39, 0.29) is 34.0 Å². The Morgan fingerprint density at radius 3 is 2.38 bits per heavy atom. The number of nitrogens with zero attached hydrogens (tertiary/aromatic N) is 1. The minimum Gasteiger partial charge on any atom is -0.503 e. The molecule has 0 bridgehead atoms. The van der Waals surface area contributed by atoms with E-state index in [0.717, 1.165) is 6.42 Å². The number of nitrogens with one attached hydrogen (secondary N) is 1. The monoisotopic (exact) mass is 460 g/mol. The number of benzene rings is 2. The molecule has 0 heterocycles. The van der Waals surface area contributed by atoms with Gasteiger partial charge < -0.3 is 14.6 Å². The summed E-state index contributed by atoms with van der Waals surface area (Å²) in [4.78, 5) is 12.0. The fourth-order valence-corrected chi connectivity index (χ4v) is 3.94. The predicted octanol–water partition coefficient (Wildman–Crippen LogP) is 5.69. The van der Waals surface area contributed by atoms with Gasteiger partial charge in [-0.1, -0.05) is 58.4 Å². The number of carbonyl (C=O) groups excluding carboxylic acids is 1. The smallest absolute Gasteiger partial charge is 0.277 e. The molecule has 0 saturated carbocycles. The number of phenols is 1. The molecule has 0 unspecified atom stereocenters. The number of halogens is 1. The molecule has 0 aliphatic rings. The van der Waals surface area contributed by atoms with Crippen LogP contribution in [0.25, 0.3) is 0 Å². The molecular formula is C25H33ClN2O4. The lowest BCUT2D eigenvalue weighted by Crippen LogP contribution is -2.25. The molecule has 0 aliphatic heterocycles. The van der Waals surface area contributed by atoms with Gasteiger partial charge in [-0.15, -0.1) is 0 Å². The number of ether oxygens (including phenoxy) is 2. The summed E-state index contributed by atoms with van der Waals surface area (Å²) < 4.78 is 10.9. The Balaban J connectivity index is 1.90. The average molecular weight is 461 g/mol. The molecular weight excluding hydrogens is 428 g/mol. The number of aromatic hydroxyl groups is 1. The quantitative estimate of drug-likeness (QED) is 0.372. The van der Waals surface area contributed by atoms with Gasteiger partial charge in [-0.2, -0.15) is 5.10 Å². The molecule has 32 heavy (non-hydrogen) atoms. The molecule has 2 aromatic carbocycles. The Labute approximate surface area is 195 Å². The van der Waals surface area contributed by atoms with Gasteiger partial charge in [0, 0.05) is 0 Å². The zero-order chi connectivity index (χ0) is 23.9. The molecule has 0 aromatic heterocycles. The topological polar surface area (TPSA) is 80.2 Å². The van der Waals surface area contributed by atoms with Crippen LogP contribution in [0.4, 0.5) is 0 Å². The molecule has 2 rings (SSSR count). The van der Waals surface area contributed by atoms with Crippen LogP contribution in [0.2, 0.25) is 5.02 Å². The third-order valence-electron chi connectivity index (χ3n) is 4.73. The summed E-state index contributed by atoms with van der Waals surface area (Å²) in [5.41, 5.74) is 4.48. The van der Waals surface area contributed by atoms with Crippen LogP contribution in [0, 0.1) is 5.41 Å². The van der Waals surface area contributed by atoms with Crippen LogP contribution in [0.3, 0.4) is 0 Å². The average Bonchev–Trinajstić information content (AvgIpc) is 2.69. The number of hydrogen-bond donors (Lipinski definition) is 2. The van der Waals surface area contributed by atoms with Crippen LogP contribution in [0.5, 0.6) is 17.2 Å². The molecule has 0 atom stereocenters. The summed E-state index contributed by atoms with van der Waals surface area (Å²) in [7, 11) is 0. The Morgan fingerprint density at radius 2 is 1.78 bits per heavy atom. The van der Waals surface area contributed by atoms with Crippen LogP contribution >= 0.6 is 11.6 Å². The number of hydrazone groups is 1. The van der Waals surface area contributed by atoms with Gasteiger partial charge >= 0.3 is 0 Å². The highest BCUT2D eigenvalue weighted by molar-refractivity contribution is 6.32. The van der Waals surface area contributed by atoms with Gasteiger partial charge in [-0.25, -0.2) is 5.43 Å². The van der Waals surface area contributed by atoms with Crippen molar-refractivity contribution >= 4 is 23.7 Å². The molecule has 0 saturated heterocycles. The Bertz CT molecular complexity index is 948. The van der Waals surface area contributed by atoms with Crippen molar-refractivity contribution < 1.29 is 19.4 Å². The third kappa shape index (κ3) is 7.75. The van der Waals surface area contributed by atoms with E-state index < -0.39 is 5.91 Å². The minimum absolute atomic E-state index is 0.0437. The van der Waals surface area contributed by atoms with Gasteiger partial charge in [0.05, 0.1) is 17.8 Å². The van der Waals surface area contributed by atoms with Crippen molar-refractivity contribution in [3.05, 3.63) is 52.5 Å². The number of amides is 1. The van der Waals surface area contributed by atoms with Crippen LogP contribution in [-0.4, -0.2) is 30.4 Å². The first kappa shape index (κ1) is 25.5. The zero-order valence-corrected chi connectivity index (χ0v) is 20.4. The lowest BCUT2D eigenvalue weighted by Gasteiger charge is -2.33. The first-order chi connectivity index (χ1) is 14.9. The van der Waals surface area contributed by atoms with Crippen molar-refractivity contribution in [2.75, 3.05) is 13.2 Å². The standard InChI is InChI=1S/C25H33ClN2O4/c1-7-31-21-13-17(12-20(26)23(21)30)14-27-28-22(29)15-32-19-10-8-18(9-11-19)25(5,6)16-24(2,3)4/h8-14,30H,7,15-16H2,1-6H3,(H,28,29). The van der Waals surface area contributed by atoms with Gasteiger partial charge in [0.25, 0.3) is 5.91 Å². The SMILES string of the molecule is CCOc1cc(C=NNC(=O)COc2ccc(C(C)(C)CC(C)(C)C)cc2)cc(Cl)c1O. The van der Waals surface area contributed by atoms with E-state index in [1.807, 2.05) is 24.3 Å². The Kier molecular flexibility index (Phi) is 8.56. The molecule has 2 N–H and O–H groups in total. The second-order valence-electron chi connectivity index (χ2n) is 9.51. The molecule has 0 radical (unpaired) electrons. The lowest BCUT2D eigenvalue weighted by molar-refractivity contribution is -0.123. The molecule has 7 heteroatoms. The van der Waals surface area contributed by atoms with Crippen molar-refractivity contribution in [1.29, 1.82) is 0 Å². The van der Waals surface area contributed by atoms with E-state index in [2.05, 4.69) is 45.1 Å². The highest BCUT2D eigenvalue weighted by atomic mass is 35.5. The van der Waals surface area contributed by atoms with Gasteiger partial charge in [0.1, 0.15) is 5.75 Å². The van der Waals surface area contributed by atoms with E-state index in [9.17, 15) is 9.90 Å². The lowest BCUT2D eigenvalue weighted by atomic mass is 9.72. The Morgan fingerprint density at radius 1 is 1.12 bits per heavy atom. The van der Waals surface area contributed by atoms with E-state index in [1.54, 1.807) is 13.0 Å². The maximum absolute atomic E-state index is 12.0. The molecule has 0 spiro atoms. The molecule has 1 amide bonds. The summed E-state index contributed by atoms with van der Waals surface area (Å²) in [6.07, 6.45) is 2.47. The summed E-state index contributed by atoms with van der Waals surface area (Å²) in [5, 5.41) is 13.9. The van der Waals surface area contributed by atoms with Crippen LogP contribution in [0.1, 0.15) is 59.1 Å². The number of phenolic OH excluding ortho intramolecular Hbond substituents is 1. The summed E-state index contributed by atoms with van der Waals surface area (Å²) >= 11 is 5.99. The van der Waals surface area contributed by atoms with Crippen molar-refractivity contribution in [2.24, 2.45) is 10.5 Å². The molecule has 6 nitrogen and oxygen atoms in total. The van der Waals surface area contributed by atoms with E-state index in [1.165, 1.54) is 17.8 Å². The first-order valence-electron chi connectivity index (χ1n) is 10.6. The number of carbonyl (C=O) groups is 1. The Hall–Kier alpha value is -2.73. The second kappa shape index (κ2) is 10.7. The van der Waals surface area contributed by atoms with E-state index in [0.29, 0.717) is 17.9 Å². The summed E-state index contributed by atoms with van der Waals surface area (Å²) in [6, 6.07) is 10.9. The highest BCUT2D eigenvalue weighted by Gasteiger charge is 2.27. The fraction of sp³-hybridized carbons (Fsp3) is 0.440. The van der Waals surface area contributed by atoms with E-state index in [4.69, 9.17) is 21.1 Å². The minimum atomic E-state index is -0.395. The van der Waals surface area contributed by atoms with Crippen molar-refractivity contribution in [3.8, 4) is 17.2 Å². The maximum atomic E-state index is 12.0. The largest absolute Gasteiger partial charge is 0.503 e. The molecule has 0 fully saturated rings. The third-order valence-corrected chi connectivity index (χ3v) is 5.02. The van der Waals surface area contributed by atoms with Crippen LogP contribution < -0.4 is 14.9 Å².